The van der Waals surface area contributed by atoms with Crippen LogP contribution >= 0.6 is 0 Å². The van der Waals surface area contributed by atoms with Gasteiger partial charge in [-0.2, -0.15) is 0 Å². The van der Waals surface area contributed by atoms with E-state index in [0.29, 0.717) is 6.04 Å². The van der Waals surface area contributed by atoms with Gasteiger partial charge in [0, 0.05) is 6.04 Å². The molecule has 4 nitrogen and oxygen atoms in total. The van der Waals surface area contributed by atoms with Gasteiger partial charge in [-0.15, -0.1) is 0 Å². The molecular formula is C15H33N3O. The zero-order valence-electron chi connectivity index (χ0n) is 13.5. The predicted octanol–water partition coefficient (Wildman–Crippen LogP) is 2.13. The lowest BCUT2D eigenvalue weighted by Crippen LogP contribution is -2.53. The Morgan fingerprint density at radius 3 is 2.47 bits per heavy atom. The first-order valence-electron chi connectivity index (χ1n) is 7.62. The summed E-state index contributed by atoms with van der Waals surface area (Å²) in [6, 6.07) is 0.626. The Kier molecular flexibility index (Phi) is 9.02. The molecule has 0 aromatic heterocycles. The van der Waals surface area contributed by atoms with E-state index in [4.69, 9.17) is 5.73 Å². The van der Waals surface area contributed by atoms with E-state index >= 15 is 0 Å². The molecule has 3 N–H and O–H groups in total. The van der Waals surface area contributed by atoms with Crippen molar-refractivity contribution in [3.05, 3.63) is 0 Å². The predicted molar refractivity (Wildman–Crippen MR) is 82.1 cm³/mol. The minimum absolute atomic E-state index is 0.240. The van der Waals surface area contributed by atoms with Gasteiger partial charge in [-0.1, -0.05) is 13.8 Å². The van der Waals surface area contributed by atoms with Gasteiger partial charge in [-0.3, -0.25) is 4.79 Å². The summed E-state index contributed by atoms with van der Waals surface area (Å²) in [6.07, 6.45) is 5.14. The van der Waals surface area contributed by atoms with Crippen molar-refractivity contribution in [3.8, 4) is 0 Å². The van der Waals surface area contributed by atoms with Crippen LogP contribution in [0.3, 0.4) is 0 Å². The molecule has 0 heterocycles. The fourth-order valence-corrected chi connectivity index (χ4v) is 2.07. The Morgan fingerprint density at radius 1 is 1.37 bits per heavy atom. The molecular weight excluding hydrogens is 238 g/mol. The number of hydrogen-bond acceptors (Lipinski definition) is 3. The molecule has 114 valence electrons. The number of nitrogens with two attached hydrogens (primary N) is 1. The van der Waals surface area contributed by atoms with Gasteiger partial charge in [-0.25, -0.2) is 0 Å². The Bertz CT molecular complexity index is 258. The number of carbonyl (C=O) groups excluding carboxylic acids is 1. The first-order valence-corrected chi connectivity index (χ1v) is 7.62. The Morgan fingerprint density at radius 2 is 2.00 bits per heavy atom. The van der Waals surface area contributed by atoms with Gasteiger partial charge in [0.25, 0.3) is 0 Å². The second-order valence-corrected chi connectivity index (χ2v) is 5.82. The fourth-order valence-electron chi connectivity index (χ4n) is 2.07. The highest BCUT2D eigenvalue weighted by atomic mass is 16.1. The van der Waals surface area contributed by atoms with E-state index in [9.17, 15) is 4.79 Å². The van der Waals surface area contributed by atoms with Gasteiger partial charge in [0.1, 0.15) is 0 Å². The molecule has 19 heavy (non-hydrogen) atoms. The van der Waals surface area contributed by atoms with Crippen molar-refractivity contribution in [2.45, 2.75) is 71.4 Å². The largest absolute Gasteiger partial charge is 0.368 e. The zero-order chi connectivity index (χ0) is 14.9. The van der Waals surface area contributed by atoms with E-state index in [0.717, 1.165) is 38.8 Å². The van der Waals surface area contributed by atoms with Gasteiger partial charge in [-0.05, 0) is 66.1 Å². The Labute approximate surface area is 119 Å². The molecule has 0 radical (unpaired) electrons. The van der Waals surface area contributed by atoms with Crippen molar-refractivity contribution in [1.82, 2.24) is 10.2 Å². The third-order valence-electron chi connectivity index (χ3n) is 4.09. The van der Waals surface area contributed by atoms with Gasteiger partial charge >= 0.3 is 0 Å². The number of primary amides is 1. The number of nitrogens with one attached hydrogen (secondary N) is 1. The molecule has 2 unspecified atom stereocenters. The van der Waals surface area contributed by atoms with Crippen LogP contribution in [0.4, 0.5) is 0 Å². The summed E-state index contributed by atoms with van der Waals surface area (Å²) >= 11 is 0. The van der Waals surface area contributed by atoms with E-state index in [1.807, 2.05) is 6.92 Å². The lowest BCUT2D eigenvalue weighted by Gasteiger charge is -2.28. The second kappa shape index (κ2) is 9.32. The molecule has 0 aliphatic carbocycles. The average molecular weight is 271 g/mol. The van der Waals surface area contributed by atoms with E-state index in [1.54, 1.807) is 0 Å². The van der Waals surface area contributed by atoms with Crippen LogP contribution in [-0.4, -0.2) is 42.5 Å². The number of amides is 1. The molecule has 0 saturated heterocycles. The molecule has 1 amide bonds. The van der Waals surface area contributed by atoms with Crippen molar-refractivity contribution < 1.29 is 4.79 Å². The summed E-state index contributed by atoms with van der Waals surface area (Å²) in [7, 11) is 2.16. The minimum Gasteiger partial charge on any atom is -0.368 e. The maximum absolute atomic E-state index is 11.6. The normalized spacial score (nSPS) is 16.3. The van der Waals surface area contributed by atoms with Crippen LogP contribution in [0.15, 0.2) is 0 Å². The monoisotopic (exact) mass is 271 g/mol. The smallest absolute Gasteiger partial charge is 0.237 e. The highest BCUT2D eigenvalue weighted by molar-refractivity contribution is 5.84. The van der Waals surface area contributed by atoms with Crippen molar-refractivity contribution in [2.75, 3.05) is 20.1 Å². The highest BCUT2D eigenvalue weighted by Gasteiger charge is 2.29. The summed E-state index contributed by atoms with van der Waals surface area (Å²) in [5, 5.41) is 3.28. The van der Waals surface area contributed by atoms with Gasteiger partial charge in [0.2, 0.25) is 5.91 Å². The first kappa shape index (κ1) is 18.4. The van der Waals surface area contributed by atoms with Crippen molar-refractivity contribution in [2.24, 2.45) is 5.73 Å². The molecule has 0 fully saturated rings. The van der Waals surface area contributed by atoms with Crippen LogP contribution in [0.2, 0.25) is 0 Å². The van der Waals surface area contributed by atoms with Gasteiger partial charge < -0.3 is 16.0 Å². The molecule has 0 aliphatic rings. The van der Waals surface area contributed by atoms with E-state index in [1.165, 1.54) is 6.42 Å². The fraction of sp³-hybridized carbons (Fsp3) is 0.933. The summed E-state index contributed by atoms with van der Waals surface area (Å²) in [6.45, 7) is 10.4. The minimum atomic E-state index is -0.551. The number of nitrogens with zero attached hydrogens (tertiary/aromatic N) is 1. The number of unbranched alkanes of at least 4 members (excludes halogenated alkanes) is 1. The third kappa shape index (κ3) is 6.92. The quantitative estimate of drug-likeness (QED) is 0.566. The lowest BCUT2D eigenvalue weighted by atomic mass is 9.93. The molecule has 0 saturated carbocycles. The maximum Gasteiger partial charge on any atom is 0.237 e. The zero-order valence-corrected chi connectivity index (χ0v) is 13.5. The first-order chi connectivity index (χ1) is 8.87. The highest BCUT2D eigenvalue weighted by Crippen LogP contribution is 2.14. The van der Waals surface area contributed by atoms with Crippen LogP contribution in [-0.2, 0) is 4.79 Å². The summed E-state index contributed by atoms with van der Waals surface area (Å²) in [5.41, 5.74) is 4.96. The third-order valence-corrected chi connectivity index (χ3v) is 4.09. The average Bonchev–Trinajstić information content (AvgIpc) is 2.39. The molecule has 0 bridgehead atoms. The molecule has 2 atom stereocenters. The van der Waals surface area contributed by atoms with Crippen LogP contribution in [0.1, 0.15) is 59.8 Å². The molecule has 0 spiro atoms. The van der Waals surface area contributed by atoms with Crippen molar-refractivity contribution in [1.29, 1.82) is 0 Å². The van der Waals surface area contributed by atoms with Crippen LogP contribution in [0, 0.1) is 0 Å². The molecule has 0 rings (SSSR count). The van der Waals surface area contributed by atoms with E-state index in [2.05, 4.69) is 38.0 Å². The SMILES string of the molecule is CCCNC(C)(CCCCN(C)C(C)CC)C(N)=O. The number of hydrogen-bond donors (Lipinski definition) is 2. The van der Waals surface area contributed by atoms with E-state index < -0.39 is 5.54 Å². The van der Waals surface area contributed by atoms with Crippen LogP contribution in [0.5, 0.6) is 0 Å². The Balaban J connectivity index is 4.03. The molecule has 4 heteroatoms. The van der Waals surface area contributed by atoms with Gasteiger partial charge in [0.05, 0.1) is 5.54 Å². The standard InChI is InChI=1S/C15H33N3O/c1-6-11-17-15(4,14(16)19)10-8-9-12-18(5)13(3)7-2/h13,17H,6-12H2,1-5H3,(H2,16,19). The summed E-state index contributed by atoms with van der Waals surface area (Å²) < 4.78 is 0. The molecule has 0 aromatic carbocycles. The lowest BCUT2D eigenvalue weighted by molar-refractivity contribution is -0.124. The van der Waals surface area contributed by atoms with Crippen molar-refractivity contribution >= 4 is 5.91 Å². The molecule has 0 aromatic rings. The maximum atomic E-state index is 11.6. The van der Waals surface area contributed by atoms with Crippen LogP contribution < -0.4 is 11.1 Å². The molecule has 0 aliphatic heterocycles. The number of rotatable bonds is 11. The number of carbonyl (C=O) groups is 1. The van der Waals surface area contributed by atoms with Gasteiger partial charge in [0.15, 0.2) is 0 Å². The van der Waals surface area contributed by atoms with Crippen molar-refractivity contribution in [3.63, 3.8) is 0 Å². The summed E-state index contributed by atoms with van der Waals surface area (Å²) in [5.74, 6) is -0.240. The second-order valence-electron chi connectivity index (χ2n) is 5.82. The summed E-state index contributed by atoms with van der Waals surface area (Å²) in [4.78, 5) is 13.9. The Hall–Kier alpha value is -0.610. The topological polar surface area (TPSA) is 58.4 Å². The van der Waals surface area contributed by atoms with E-state index in [-0.39, 0.29) is 5.91 Å². The van der Waals surface area contributed by atoms with Crippen LogP contribution in [0.25, 0.3) is 0 Å².